The average molecular weight is 283 g/mol. The van der Waals surface area contributed by atoms with Gasteiger partial charge in [-0.1, -0.05) is 23.7 Å². The van der Waals surface area contributed by atoms with E-state index < -0.39 is 6.10 Å². The summed E-state index contributed by atoms with van der Waals surface area (Å²) in [6.45, 7) is 0.214. The smallest absolute Gasteiger partial charge is 0.223 e. The molecule has 0 spiro atoms. The Bertz CT molecular complexity index is 436. The minimum Gasteiger partial charge on any atom is -0.387 e. The van der Waals surface area contributed by atoms with E-state index in [1.165, 1.54) is 0 Å². The highest BCUT2D eigenvalue weighted by Crippen LogP contribution is 2.24. The van der Waals surface area contributed by atoms with Crippen LogP contribution in [0, 0.1) is 5.92 Å². The Kier molecular flexibility index (Phi) is 4.80. The predicted octanol–water partition coefficient (Wildman–Crippen LogP) is 1.62. The summed E-state index contributed by atoms with van der Waals surface area (Å²) in [4.78, 5) is 11.9. The molecule has 4 N–H and O–H groups in total. The summed E-state index contributed by atoms with van der Waals surface area (Å²) in [5, 5.41) is 13.4. The summed E-state index contributed by atoms with van der Waals surface area (Å²) < 4.78 is 0. The number of halogens is 1. The van der Waals surface area contributed by atoms with Gasteiger partial charge in [0.05, 0.1) is 6.10 Å². The van der Waals surface area contributed by atoms with Crippen molar-refractivity contribution in [3.8, 4) is 0 Å². The number of hydrogen-bond acceptors (Lipinski definition) is 3. The van der Waals surface area contributed by atoms with Gasteiger partial charge in [-0.05, 0) is 37.0 Å². The molecule has 1 aromatic carbocycles. The van der Waals surface area contributed by atoms with Crippen molar-refractivity contribution in [1.82, 2.24) is 5.32 Å². The number of carbonyl (C=O) groups is 1. The number of aliphatic hydroxyl groups excluding tert-OH is 1. The van der Waals surface area contributed by atoms with Crippen LogP contribution in [0.2, 0.25) is 5.02 Å². The molecule has 0 radical (unpaired) electrons. The summed E-state index contributed by atoms with van der Waals surface area (Å²) in [5.74, 6) is -0.0200. The molecule has 5 heteroatoms. The van der Waals surface area contributed by atoms with Crippen molar-refractivity contribution in [1.29, 1.82) is 0 Å². The molecule has 104 valence electrons. The van der Waals surface area contributed by atoms with Crippen molar-refractivity contribution in [2.45, 2.75) is 31.4 Å². The lowest BCUT2D eigenvalue weighted by Gasteiger charge is -2.15. The molecule has 3 unspecified atom stereocenters. The number of rotatable bonds is 4. The minimum atomic E-state index is -0.712. The fourth-order valence-electron chi connectivity index (χ4n) is 2.40. The topological polar surface area (TPSA) is 75.4 Å². The Morgan fingerprint density at radius 3 is 2.68 bits per heavy atom. The molecule has 1 saturated carbocycles. The quantitative estimate of drug-likeness (QED) is 0.785. The zero-order valence-electron chi connectivity index (χ0n) is 10.7. The van der Waals surface area contributed by atoms with Gasteiger partial charge in [-0.3, -0.25) is 4.79 Å². The molecule has 4 nitrogen and oxygen atoms in total. The maximum Gasteiger partial charge on any atom is 0.223 e. The molecule has 0 bridgehead atoms. The molecular formula is C14H19ClN2O2. The fourth-order valence-corrected chi connectivity index (χ4v) is 2.52. The molecule has 1 amide bonds. The first-order valence-corrected chi connectivity index (χ1v) is 6.91. The van der Waals surface area contributed by atoms with Crippen LogP contribution in [0.15, 0.2) is 24.3 Å². The van der Waals surface area contributed by atoms with Crippen molar-refractivity contribution in [3.63, 3.8) is 0 Å². The van der Waals surface area contributed by atoms with Gasteiger partial charge in [-0.15, -0.1) is 0 Å². The normalized spacial score (nSPS) is 24.2. The van der Waals surface area contributed by atoms with E-state index in [4.69, 9.17) is 17.3 Å². The van der Waals surface area contributed by atoms with Gasteiger partial charge >= 0.3 is 0 Å². The standard InChI is InChI=1S/C14H19ClN2O2/c15-11-4-1-9(2-5-11)13(18)8-17-14(19)10-3-6-12(16)7-10/h1-2,4-5,10,12-13,18H,3,6-8,16H2,(H,17,19). The van der Waals surface area contributed by atoms with E-state index in [0.29, 0.717) is 5.02 Å². The van der Waals surface area contributed by atoms with E-state index in [2.05, 4.69) is 5.32 Å². The third-order valence-corrected chi connectivity index (χ3v) is 3.82. The highest BCUT2D eigenvalue weighted by Gasteiger charge is 2.27. The lowest BCUT2D eigenvalue weighted by atomic mass is 10.1. The van der Waals surface area contributed by atoms with Gasteiger partial charge < -0.3 is 16.2 Å². The average Bonchev–Trinajstić information content (AvgIpc) is 2.83. The van der Waals surface area contributed by atoms with Crippen LogP contribution >= 0.6 is 11.6 Å². The van der Waals surface area contributed by atoms with Gasteiger partial charge in [-0.25, -0.2) is 0 Å². The van der Waals surface area contributed by atoms with Gasteiger partial charge in [-0.2, -0.15) is 0 Å². The van der Waals surface area contributed by atoms with E-state index >= 15 is 0 Å². The van der Waals surface area contributed by atoms with Gasteiger partial charge in [0.25, 0.3) is 0 Å². The molecular weight excluding hydrogens is 264 g/mol. The van der Waals surface area contributed by atoms with E-state index in [9.17, 15) is 9.90 Å². The second kappa shape index (κ2) is 6.37. The van der Waals surface area contributed by atoms with Gasteiger partial charge in [0.15, 0.2) is 0 Å². The summed E-state index contributed by atoms with van der Waals surface area (Å²) in [6, 6.07) is 7.09. The molecule has 0 heterocycles. The monoisotopic (exact) mass is 282 g/mol. The van der Waals surface area contributed by atoms with E-state index in [1.807, 2.05) is 0 Å². The number of benzene rings is 1. The molecule has 1 aliphatic rings. The zero-order chi connectivity index (χ0) is 13.8. The number of carbonyl (C=O) groups excluding carboxylic acids is 1. The Morgan fingerprint density at radius 2 is 2.11 bits per heavy atom. The number of aliphatic hydroxyl groups is 1. The van der Waals surface area contributed by atoms with E-state index in [1.54, 1.807) is 24.3 Å². The molecule has 1 fully saturated rings. The summed E-state index contributed by atoms with van der Waals surface area (Å²) >= 11 is 5.78. The van der Waals surface area contributed by atoms with Crippen LogP contribution in [-0.2, 0) is 4.79 Å². The van der Waals surface area contributed by atoms with Crippen LogP contribution < -0.4 is 11.1 Å². The van der Waals surface area contributed by atoms with Crippen molar-refractivity contribution in [2.24, 2.45) is 11.7 Å². The molecule has 3 atom stereocenters. The summed E-state index contributed by atoms with van der Waals surface area (Å²) in [7, 11) is 0. The molecule has 0 aromatic heterocycles. The Morgan fingerprint density at radius 1 is 1.42 bits per heavy atom. The maximum atomic E-state index is 11.9. The lowest BCUT2D eigenvalue weighted by molar-refractivity contribution is -0.125. The van der Waals surface area contributed by atoms with Crippen LogP contribution in [0.4, 0.5) is 0 Å². The van der Waals surface area contributed by atoms with Crippen molar-refractivity contribution >= 4 is 17.5 Å². The van der Waals surface area contributed by atoms with Crippen LogP contribution in [0.1, 0.15) is 30.9 Å². The molecule has 0 aliphatic heterocycles. The lowest BCUT2D eigenvalue weighted by Crippen LogP contribution is -2.33. The van der Waals surface area contributed by atoms with Crippen molar-refractivity contribution in [3.05, 3.63) is 34.9 Å². The molecule has 2 rings (SSSR count). The maximum absolute atomic E-state index is 11.9. The van der Waals surface area contributed by atoms with Crippen LogP contribution in [0.5, 0.6) is 0 Å². The highest BCUT2D eigenvalue weighted by atomic mass is 35.5. The Balaban J connectivity index is 1.81. The molecule has 1 aromatic rings. The highest BCUT2D eigenvalue weighted by molar-refractivity contribution is 6.30. The van der Waals surface area contributed by atoms with Gasteiger partial charge in [0.1, 0.15) is 0 Å². The fraction of sp³-hybridized carbons (Fsp3) is 0.500. The van der Waals surface area contributed by atoms with Crippen molar-refractivity contribution in [2.75, 3.05) is 6.54 Å². The van der Waals surface area contributed by atoms with E-state index in [-0.39, 0.29) is 24.4 Å². The number of nitrogens with one attached hydrogen (secondary N) is 1. The third-order valence-electron chi connectivity index (χ3n) is 3.57. The first-order valence-electron chi connectivity index (χ1n) is 6.53. The van der Waals surface area contributed by atoms with Crippen LogP contribution in [0.3, 0.4) is 0 Å². The zero-order valence-corrected chi connectivity index (χ0v) is 11.4. The van der Waals surface area contributed by atoms with Gasteiger partial charge in [0.2, 0.25) is 5.91 Å². The summed E-state index contributed by atoms with van der Waals surface area (Å²) in [6.07, 6.45) is 1.77. The minimum absolute atomic E-state index is 0.00702. The third kappa shape index (κ3) is 3.93. The largest absolute Gasteiger partial charge is 0.387 e. The number of nitrogens with two attached hydrogens (primary N) is 1. The van der Waals surface area contributed by atoms with Crippen molar-refractivity contribution < 1.29 is 9.90 Å². The second-order valence-corrected chi connectivity index (χ2v) is 5.52. The number of hydrogen-bond donors (Lipinski definition) is 3. The predicted molar refractivity (Wildman–Crippen MR) is 74.7 cm³/mol. The SMILES string of the molecule is NC1CCC(C(=O)NCC(O)c2ccc(Cl)cc2)C1. The summed E-state index contributed by atoms with van der Waals surface area (Å²) in [5.41, 5.74) is 6.53. The Labute approximate surface area is 117 Å². The van der Waals surface area contributed by atoms with Crippen LogP contribution in [0.25, 0.3) is 0 Å². The second-order valence-electron chi connectivity index (χ2n) is 5.08. The number of amides is 1. The van der Waals surface area contributed by atoms with Crippen LogP contribution in [-0.4, -0.2) is 23.6 Å². The first kappa shape index (κ1) is 14.3. The molecule has 19 heavy (non-hydrogen) atoms. The molecule has 1 aliphatic carbocycles. The first-order chi connectivity index (χ1) is 9.06. The van der Waals surface area contributed by atoms with E-state index in [0.717, 1.165) is 24.8 Å². The Hall–Kier alpha value is -1.10. The van der Waals surface area contributed by atoms with Gasteiger partial charge in [0, 0.05) is 23.5 Å². The molecule has 0 saturated heterocycles.